The highest BCUT2D eigenvalue weighted by molar-refractivity contribution is 6.07. The topological polar surface area (TPSA) is 110 Å². The van der Waals surface area contributed by atoms with Gasteiger partial charge in [0.05, 0.1) is 23.3 Å². The fourth-order valence-corrected chi connectivity index (χ4v) is 2.18. The minimum atomic E-state index is -1.26. The van der Waals surface area contributed by atoms with Crippen molar-refractivity contribution in [3.8, 4) is 0 Å². The van der Waals surface area contributed by atoms with Crippen LogP contribution in [-0.2, 0) is 0 Å². The van der Waals surface area contributed by atoms with Crippen LogP contribution >= 0.6 is 0 Å². The first kappa shape index (κ1) is 14.5. The molecule has 7 nitrogen and oxygen atoms in total. The number of aromatic carboxylic acids is 1. The number of pyridine rings is 1. The van der Waals surface area contributed by atoms with Gasteiger partial charge in [-0.3, -0.25) is 9.78 Å². The van der Waals surface area contributed by atoms with Gasteiger partial charge < -0.3 is 14.9 Å². The zero-order valence-electron chi connectivity index (χ0n) is 11.8. The number of nitrogens with one attached hydrogen (secondary N) is 2. The molecule has 2 heterocycles. The lowest BCUT2D eigenvalue weighted by atomic mass is 10.1. The van der Waals surface area contributed by atoms with E-state index < -0.39 is 5.97 Å². The zero-order valence-corrected chi connectivity index (χ0v) is 11.8. The van der Waals surface area contributed by atoms with Crippen molar-refractivity contribution in [1.82, 2.24) is 15.4 Å². The van der Waals surface area contributed by atoms with Crippen molar-refractivity contribution < 1.29 is 14.7 Å². The van der Waals surface area contributed by atoms with Gasteiger partial charge in [-0.2, -0.15) is 5.10 Å². The molecule has 0 unspecified atom stereocenters. The highest BCUT2D eigenvalue weighted by Crippen LogP contribution is 2.20. The molecule has 0 saturated carbocycles. The van der Waals surface area contributed by atoms with E-state index in [1.807, 2.05) is 0 Å². The van der Waals surface area contributed by atoms with Crippen LogP contribution in [0.2, 0.25) is 0 Å². The number of amides is 1. The Balaban J connectivity index is 1.81. The molecule has 0 radical (unpaired) electrons. The van der Waals surface area contributed by atoms with Crippen LogP contribution in [0, 0.1) is 0 Å². The van der Waals surface area contributed by atoms with Gasteiger partial charge in [-0.05, 0) is 12.1 Å². The largest absolute Gasteiger partial charge is 0.545 e. The molecule has 3 rings (SSSR count). The molecule has 0 atom stereocenters. The third-order valence-electron chi connectivity index (χ3n) is 3.26. The number of aromatic nitrogens is 2. The predicted octanol–water partition coefficient (Wildman–Crippen LogP) is 0.690. The van der Waals surface area contributed by atoms with Crippen LogP contribution in [0.25, 0.3) is 10.9 Å². The second-order valence-electron chi connectivity index (χ2n) is 4.70. The third kappa shape index (κ3) is 2.93. The molecule has 23 heavy (non-hydrogen) atoms. The lowest BCUT2D eigenvalue weighted by Gasteiger charge is -2.03. The molecule has 7 heteroatoms. The Morgan fingerprint density at radius 3 is 2.87 bits per heavy atom. The van der Waals surface area contributed by atoms with Gasteiger partial charge in [0.2, 0.25) is 0 Å². The van der Waals surface area contributed by atoms with Crippen LogP contribution in [0.5, 0.6) is 0 Å². The van der Waals surface area contributed by atoms with E-state index in [1.165, 1.54) is 18.5 Å². The van der Waals surface area contributed by atoms with Gasteiger partial charge in [-0.15, -0.1) is 0 Å². The summed E-state index contributed by atoms with van der Waals surface area (Å²) in [5.41, 5.74) is 3.95. The first-order valence-electron chi connectivity index (χ1n) is 6.71. The quantitative estimate of drug-likeness (QED) is 0.545. The monoisotopic (exact) mass is 307 g/mol. The second-order valence-corrected chi connectivity index (χ2v) is 4.70. The number of benzene rings is 1. The van der Waals surface area contributed by atoms with Crippen LogP contribution in [0.1, 0.15) is 26.3 Å². The van der Waals surface area contributed by atoms with Crippen molar-refractivity contribution in [1.29, 1.82) is 0 Å². The number of hydrazone groups is 1. The van der Waals surface area contributed by atoms with Crippen molar-refractivity contribution in [3.63, 3.8) is 0 Å². The number of H-pyrrole nitrogens is 1. The van der Waals surface area contributed by atoms with Crippen LogP contribution in [0.15, 0.2) is 54.0 Å². The summed E-state index contributed by atoms with van der Waals surface area (Å²) in [6.45, 7) is 0. The van der Waals surface area contributed by atoms with E-state index in [0.29, 0.717) is 22.0 Å². The third-order valence-corrected chi connectivity index (χ3v) is 3.26. The van der Waals surface area contributed by atoms with E-state index in [4.69, 9.17) is 0 Å². The Morgan fingerprint density at radius 1 is 1.26 bits per heavy atom. The summed E-state index contributed by atoms with van der Waals surface area (Å²) in [6.07, 6.45) is 6.05. The van der Waals surface area contributed by atoms with Crippen molar-refractivity contribution >= 4 is 29.0 Å². The maximum absolute atomic E-state index is 11.8. The molecule has 3 aromatic rings. The average molecular weight is 307 g/mol. The number of carbonyl (C=O) groups is 2. The van der Waals surface area contributed by atoms with Gasteiger partial charge in [-0.25, -0.2) is 5.43 Å². The van der Waals surface area contributed by atoms with Crippen molar-refractivity contribution in [2.24, 2.45) is 5.10 Å². The van der Waals surface area contributed by atoms with Crippen LogP contribution in [-0.4, -0.2) is 28.1 Å². The van der Waals surface area contributed by atoms with E-state index in [0.717, 1.165) is 0 Å². The average Bonchev–Trinajstić information content (AvgIpc) is 2.98. The van der Waals surface area contributed by atoms with Gasteiger partial charge in [-0.1, -0.05) is 18.2 Å². The first-order chi connectivity index (χ1) is 11.2. The maximum atomic E-state index is 11.8. The van der Waals surface area contributed by atoms with E-state index in [-0.39, 0.29) is 11.5 Å². The summed E-state index contributed by atoms with van der Waals surface area (Å²) in [6, 6.07) is 8.10. The molecule has 2 N–H and O–H groups in total. The molecule has 0 saturated heterocycles. The Morgan fingerprint density at radius 2 is 2.13 bits per heavy atom. The van der Waals surface area contributed by atoms with Gasteiger partial charge >= 0.3 is 0 Å². The van der Waals surface area contributed by atoms with E-state index in [9.17, 15) is 14.7 Å². The molecule has 2 aromatic heterocycles. The SMILES string of the molecule is O=C(N/N=C/c1c[nH]c2c(C(=O)[O-])cccc12)c1cccnc1. The summed E-state index contributed by atoms with van der Waals surface area (Å²) in [7, 11) is 0. The smallest absolute Gasteiger partial charge is 0.272 e. The first-order valence-corrected chi connectivity index (χ1v) is 6.71. The highest BCUT2D eigenvalue weighted by atomic mass is 16.4. The Labute approximate surface area is 130 Å². The number of hydrogen-bond donors (Lipinski definition) is 2. The van der Waals surface area contributed by atoms with Gasteiger partial charge in [0.25, 0.3) is 5.91 Å². The second kappa shape index (κ2) is 6.10. The van der Waals surface area contributed by atoms with Crippen LogP contribution in [0.3, 0.4) is 0 Å². The summed E-state index contributed by atoms with van der Waals surface area (Å²) < 4.78 is 0. The molecular formula is C16H11N4O3-. The fraction of sp³-hybridized carbons (Fsp3) is 0. The molecule has 0 spiro atoms. The summed E-state index contributed by atoms with van der Waals surface area (Å²) in [4.78, 5) is 29.6. The lowest BCUT2D eigenvalue weighted by molar-refractivity contribution is -0.254. The van der Waals surface area contributed by atoms with E-state index in [2.05, 4.69) is 20.5 Å². The number of para-hydroxylation sites is 1. The molecule has 1 aromatic carbocycles. The molecule has 0 aliphatic carbocycles. The van der Waals surface area contributed by atoms with E-state index in [1.54, 1.807) is 36.7 Å². The summed E-state index contributed by atoms with van der Waals surface area (Å²) in [5, 5.41) is 15.6. The fourth-order valence-electron chi connectivity index (χ4n) is 2.18. The van der Waals surface area contributed by atoms with Crippen LogP contribution in [0.4, 0.5) is 0 Å². The molecule has 0 aliphatic rings. The number of aromatic amines is 1. The highest BCUT2D eigenvalue weighted by Gasteiger charge is 2.07. The van der Waals surface area contributed by atoms with Crippen molar-refractivity contribution in [2.45, 2.75) is 0 Å². The summed E-state index contributed by atoms with van der Waals surface area (Å²) in [5.74, 6) is -1.64. The molecule has 0 bridgehead atoms. The number of carboxylic acid groups (broad SMARTS) is 1. The summed E-state index contributed by atoms with van der Waals surface area (Å²) >= 11 is 0. The van der Waals surface area contributed by atoms with Gasteiger partial charge in [0.1, 0.15) is 0 Å². The lowest BCUT2D eigenvalue weighted by Crippen LogP contribution is -2.22. The number of rotatable bonds is 4. The molecule has 0 fully saturated rings. The number of hydrogen-bond acceptors (Lipinski definition) is 5. The van der Waals surface area contributed by atoms with E-state index >= 15 is 0 Å². The standard InChI is InChI=1S/C16H12N4O3/c21-15(10-3-2-6-17-7-10)20-19-9-11-8-18-14-12(11)4-1-5-13(14)16(22)23/h1-9,18H,(H,20,21)(H,22,23)/p-1/b19-9+. The minimum absolute atomic E-state index is 0.0709. The van der Waals surface area contributed by atoms with Crippen molar-refractivity contribution in [3.05, 3.63) is 65.6 Å². The zero-order chi connectivity index (χ0) is 16.2. The Bertz CT molecular complexity index is 900. The number of carboxylic acids is 1. The Kier molecular flexibility index (Phi) is 3.84. The molecule has 1 amide bonds. The number of carbonyl (C=O) groups excluding carboxylic acids is 2. The predicted molar refractivity (Wildman–Crippen MR) is 81.9 cm³/mol. The van der Waals surface area contributed by atoms with Gasteiger partial charge in [0, 0.05) is 35.1 Å². The number of nitrogens with zero attached hydrogens (tertiary/aromatic N) is 2. The van der Waals surface area contributed by atoms with Gasteiger partial charge in [0.15, 0.2) is 0 Å². The minimum Gasteiger partial charge on any atom is -0.545 e. The number of fused-ring (bicyclic) bond motifs is 1. The normalized spacial score (nSPS) is 11.0. The maximum Gasteiger partial charge on any atom is 0.272 e. The molecule has 114 valence electrons. The van der Waals surface area contributed by atoms with Crippen molar-refractivity contribution in [2.75, 3.05) is 0 Å². The Hall–Kier alpha value is -3.48. The van der Waals surface area contributed by atoms with Crippen LogP contribution < -0.4 is 10.5 Å². The molecular weight excluding hydrogens is 296 g/mol. The molecule has 0 aliphatic heterocycles.